The van der Waals surface area contributed by atoms with Crippen molar-refractivity contribution >= 4 is 21.6 Å². The molecule has 0 fully saturated rings. The van der Waals surface area contributed by atoms with E-state index in [9.17, 15) is 0 Å². The molecule has 0 heterocycles. The molecule has 96 valence electrons. The first-order valence-electron chi connectivity index (χ1n) is 5.97. The largest absolute Gasteiger partial charge is 0.489 e. The van der Waals surface area contributed by atoms with E-state index in [1.54, 1.807) is 0 Å². The van der Waals surface area contributed by atoms with E-state index < -0.39 is 0 Å². The lowest BCUT2D eigenvalue weighted by molar-refractivity contribution is 0.306. The van der Waals surface area contributed by atoms with E-state index >= 15 is 0 Å². The Morgan fingerprint density at radius 3 is 2.33 bits per heavy atom. The zero-order chi connectivity index (χ0) is 13.4. The molecule has 0 saturated carbocycles. The van der Waals surface area contributed by atoms with Crippen molar-refractivity contribution in [3.05, 3.63) is 58.6 Å². The average Bonchev–Trinajstić information content (AvgIpc) is 2.44. The number of nitrogen functional groups attached to an aromatic ring is 1. The van der Waals surface area contributed by atoms with E-state index in [2.05, 4.69) is 15.9 Å². The van der Waals surface area contributed by atoms with Crippen molar-refractivity contribution < 1.29 is 4.74 Å². The molecule has 0 unspecified atom stereocenters. The first-order valence-corrected chi connectivity index (χ1v) is 6.77. The van der Waals surface area contributed by atoms with Crippen LogP contribution in [0.1, 0.15) is 19.4 Å². The molecule has 2 N–H and O–H groups in total. The normalized spacial score (nSPS) is 9.28. The second-order valence-electron chi connectivity index (χ2n) is 3.46. The molecule has 0 saturated heterocycles. The Morgan fingerprint density at radius 2 is 1.72 bits per heavy atom. The van der Waals surface area contributed by atoms with Gasteiger partial charge in [0.1, 0.15) is 12.4 Å². The molecule has 3 heteroatoms. The summed E-state index contributed by atoms with van der Waals surface area (Å²) in [5.74, 6) is 0.782. The van der Waals surface area contributed by atoms with E-state index in [0.717, 1.165) is 15.8 Å². The van der Waals surface area contributed by atoms with Crippen molar-refractivity contribution in [3.8, 4) is 5.75 Å². The zero-order valence-electron chi connectivity index (χ0n) is 10.7. The fourth-order valence-electron chi connectivity index (χ4n) is 1.35. The van der Waals surface area contributed by atoms with Crippen molar-refractivity contribution in [3.63, 3.8) is 0 Å². The molecular formula is C15H18BrNO. The van der Waals surface area contributed by atoms with Gasteiger partial charge in [0.2, 0.25) is 0 Å². The summed E-state index contributed by atoms with van der Waals surface area (Å²) in [4.78, 5) is 0. The number of halogens is 1. The fourth-order valence-corrected chi connectivity index (χ4v) is 1.60. The maximum Gasteiger partial charge on any atom is 0.121 e. The standard InChI is InChI=1S/C13H12BrNO.C2H6/c14-12-7-6-11(8-13(12)15)16-9-10-4-2-1-3-5-10;1-2/h1-8H,9,15H2;1-2H3. The summed E-state index contributed by atoms with van der Waals surface area (Å²) in [6.45, 7) is 4.56. The van der Waals surface area contributed by atoms with Gasteiger partial charge < -0.3 is 10.5 Å². The summed E-state index contributed by atoms with van der Waals surface area (Å²) in [7, 11) is 0. The van der Waals surface area contributed by atoms with Gasteiger partial charge in [-0.25, -0.2) is 0 Å². The van der Waals surface area contributed by atoms with Gasteiger partial charge in [-0.3, -0.25) is 0 Å². The molecule has 2 nitrogen and oxygen atoms in total. The Morgan fingerprint density at radius 1 is 1.06 bits per heavy atom. The average molecular weight is 308 g/mol. The summed E-state index contributed by atoms with van der Waals surface area (Å²) >= 11 is 3.34. The Balaban J connectivity index is 0.000000771. The lowest BCUT2D eigenvalue weighted by Crippen LogP contribution is -1.96. The minimum absolute atomic E-state index is 0.557. The van der Waals surface area contributed by atoms with Crippen molar-refractivity contribution in [2.45, 2.75) is 20.5 Å². The molecule has 0 bridgehead atoms. The molecule has 0 aliphatic heterocycles. The molecule has 0 radical (unpaired) electrons. The van der Waals surface area contributed by atoms with Gasteiger partial charge >= 0.3 is 0 Å². The van der Waals surface area contributed by atoms with Gasteiger partial charge in [0.05, 0.1) is 0 Å². The quantitative estimate of drug-likeness (QED) is 0.839. The lowest BCUT2D eigenvalue weighted by atomic mass is 10.2. The van der Waals surface area contributed by atoms with Crippen molar-refractivity contribution in [1.82, 2.24) is 0 Å². The molecule has 0 aliphatic carbocycles. The molecule has 2 aromatic carbocycles. The van der Waals surface area contributed by atoms with Gasteiger partial charge in [-0.05, 0) is 33.6 Å². The Labute approximate surface area is 117 Å². The van der Waals surface area contributed by atoms with Crippen LogP contribution in [0.25, 0.3) is 0 Å². The molecule has 0 aliphatic rings. The van der Waals surface area contributed by atoms with Crippen LogP contribution in [0.4, 0.5) is 5.69 Å². The highest BCUT2D eigenvalue weighted by molar-refractivity contribution is 9.10. The van der Waals surface area contributed by atoms with Crippen LogP contribution in [0.3, 0.4) is 0 Å². The topological polar surface area (TPSA) is 35.2 Å². The van der Waals surface area contributed by atoms with Gasteiger partial charge in [0.25, 0.3) is 0 Å². The first-order chi connectivity index (χ1) is 8.75. The third kappa shape index (κ3) is 4.41. The number of hydrogen-bond donors (Lipinski definition) is 1. The molecule has 0 aromatic heterocycles. The Hall–Kier alpha value is -1.48. The summed E-state index contributed by atoms with van der Waals surface area (Å²) in [6, 6.07) is 15.6. The number of hydrogen-bond acceptors (Lipinski definition) is 2. The third-order valence-corrected chi connectivity index (χ3v) is 2.94. The maximum atomic E-state index is 5.76. The zero-order valence-corrected chi connectivity index (χ0v) is 12.3. The van der Waals surface area contributed by atoms with Crippen LogP contribution < -0.4 is 10.5 Å². The number of benzene rings is 2. The molecular weight excluding hydrogens is 290 g/mol. The van der Waals surface area contributed by atoms with Gasteiger partial charge in [0, 0.05) is 16.2 Å². The summed E-state index contributed by atoms with van der Waals surface area (Å²) < 4.78 is 6.52. The number of rotatable bonds is 3. The van der Waals surface area contributed by atoms with Crippen LogP contribution in [0.5, 0.6) is 5.75 Å². The van der Waals surface area contributed by atoms with E-state index in [1.807, 2.05) is 62.4 Å². The van der Waals surface area contributed by atoms with Crippen molar-refractivity contribution in [2.24, 2.45) is 0 Å². The fraction of sp³-hybridized carbons (Fsp3) is 0.200. The molecule has 0 spiro atoms. The van der Waals surface area contributed by atoms with E-state index in [-0.39, 0.29) is 0 Å². The molecule has 2 aromatic rings. The third-order valence-electron chi connectivity index (χ3n) is 2.22. The van der Waals surface area contributed by atoms with Crippen LogP contribution in [0.15, 0.2) is 53.0 Å². The number of nitrogens with two attached hydrogens (primary N) is 1. The van der Waals surface area contributed by atoms with Crippen LogP contribution >= 0.6 is 15.9 Å². The van der Waals surface area contributed by atoms with Crippen LogP contribution in [-0.2, 0) is 6.61 Å². The minimum Gasteiger partial charge on any atom is -0.489 e. The van der Waals surface area contributed by atoms with E-state index in [4.69, 9.17) is 10.5 Å². The molecule has 0 amide bonds. The van der Waals surface area contributed by atoms with E-state index in [1.165, 1.54) is 0 Å². The van der Waals surface area contributed by atoms with Crippen LogP contribution in [0.2, 0.25) is 0 Å². The number of ether oxygens (including phenoxy) is 1. The molecule has 0 atom stereocenters. The van der Waals surface area contributed by atoms with Gasteiger partial charge in [-0.1, -0.05) is 44.2 Å². The summed E-state index contributed by atoms with van der Waals surface area (Å²) in [5.41, 5.74) is 7.59. The SMILES string of the molecule is CC.Nc1cc(OCc2ccccc2)ccc1Br. The lowest BCUT2D eigenvalue weighted by Gasteiger charge is -2.07. The van der Waals surface area contributed by atoms with E-state index in [0.29, 0.717) is 12.3 Å². The Bertz CT molecular complexity index is 471. The first kappa shape index (κ1) is 14.6. The Kier molecular flexibility index (Phi) is 6.29. The maximum absolute atomic E-state index is 5.76. The highest BCUT2D eigenvalue weighted by Gasteiger charge is 1.99. The van der Waals surface area contributed by atoms with Gasteiger partial charge in [-0.15, -0.1) is 0 Å². The second kappa shape index (κ2) is 7.77. The predicted octanol–water partition coefficient (Wildman–Crippen LogP) is 4.64. The monoisotopic (exact) mass is 307 g/mol. The minimum atomic E-state index is 0.557. The summed E-state index contributed by atoms with van der Waals surface area (Å²) in [6.07, 6.45) is 0. The van der Waals surface area contributed by atoms with Gasteiger partial charge in [-0.2, -0.15) is 0 Å². The van der Waals surface area contributed by atoms with Crippen LogP contribution in [-0.4, -0.2) is 0 Å². The van der Waals surface area contributed by atoms with Crippen LogP contribution in [0, 0.1) is 0 Å². The number of anilines is 1. The molecule has 2 rings (SSSR count). The summed E-state index contributed by atoms with van der Waals surface area (Å²) in [5, 5.41) is 0. The highest BCUT2D eigenvalue weighted by Crippen LogP contribution is 2.24. The van der Waals surface area contributed by atoms with Crippen molar-refractivity contribution in [1.29, 1.82) is 0 Å². The smallest absolute Gasteiger partial charge is 0.121 e. The van der Waals surface area contributed by atoms with Gasteiger partial charge in [0.15, 0.2) is 0 Å². The highest BCUT2D eigenvalue weighted by atomic mass is 79.9. The predicted molar refractivity (Wildman–Crippen MR) is 80.7 cm³/mol. The molecule has 18 heavy (non-hydrogen) atoms. The van der Waals surface area contributed by atoms with Crippen molar-refractivity contribution in [2.75, 3.05) is 5.73 Å². The second-order valence-corrected chi connectivity index (χ2v) is 4.31.